The molecule has 0 amide bonds. The maximum Gasteiger partial charge on any atom is 0.0657 e. The minimum atomic E-state index is 0.742. The highest BCUT2D eigenvalue weighted by molar-refractivity contribution is 5.54. The van der Waals surface area contributed by atoms with Crippen LogP contribution in [0.3, 0.4) is 0 Å². The van der Waals surface area contributed by atoms with Crippen LogP contribution < -0.4 is 0 Å². The Morgan fingerprint density at radius 3 is 2.36 bits per heavy atom. The fraction of sp³-hybridized carbons (Fsp3) is 0.462. The average molecular weight is 189 g/mol. The molecule has 0 aromatic heterocycles. The minimum Gasteiger partial charge on any atom is -0.264 e. The Morgan fingerprint density at radius 1 is 1.29 bits per heavy atom. The molecule has 1 heteroatoms. The van der Waals surface area contributed by atoms with Gasteiger partial charge in [0.1, 0.15) is 0 Å². The van der Waals surface area contributed by atoms with Crippen molar-refractivity contribution >= 4 is 12.4 Å². The lowest BCUT2D eigenvalue weighted by molar-refractivity contribution is 0.915. The average Bonchev–Trinajstić information content (AvgIpc) is 2.98. The Kier molecular flexibility index (Phi) is 3.87. The van der Waals surface area contributed by atoms with Crippen molar-refractivity contribution in [3.8, 4) is 0 Å². The summed E-state index contributed by atoms with van der Waals surface area (Å²) in [4.78, 5) is 4.02. The van der Waals surface area contributed by atoms with Gasteiger partial charge in [0.15, 0.2) is 0 Å². The van der Waals surface area contributed by atoms with Crippen LogP contribution in [0.25, 0.3) is 0 Å². The first kappa shape index (κ1) is 11.0. The first-order valence-corrected chi connectivity index (χ1v) is 5.38. The molecule has 1 aromatic rings. The molecule has 2 unspecified atom stereocenters. The van der Waals surface area contributed by atoms with Crippen LogP contribution in [0.1, 0.15) is 38.7 Å². The van der Waals surface area contributed by atoms with Gasteiger partial charge >= 0.3 is 0 Å². The molecule has 0 radical (unpaired) electrons. The molecule has 1 aliphatic carbocycles. The van der Waals surface area contributed by atoms with Crippen LogP contribution in [0.5, 0.6) is 0 Å². The standard InChI is InChI=1S/C11H13N.C2H6/c1-8-7-10(8)9-5-3-4-6-11(9)12-2;1-2/h3-6,8,10H,2,7H2,1H3;1-2H3. The van der Waals surface area contributed by atoms with E-state index >= 15 is 0 Å². The van der Waals surface area contributed by atoms with E-state index in [1.165, 1.54) is 12.0 Å². The van der Waals surface area contributed by atoms with Gasteiger partial charge in [-0.1, -0.05) is 39.0 Å². The fourth-order valence-corrected chi connectivity index (χ4v) is 1.70. The number of benzene rings is 1. The van der Waals surface area contributed by atoms with Crippen LogP contribution in [0.15, 0.2) is 29.3 Å². The molecule has 1 saturated carbocycles. The van der Waals surface area contributed by atoms with Crippen LogP contribution >= 0.6 is 0 Å². The van der Waals surface area contributed by atoms with E-state index in [9.17, 15) is 0 Å². The van der Waals surface area contributed by atoms with E-state index in [2.05, 4.69) is 30.8 Å². The monoisotopic (exact) mass is 189 g/mol. The number of rotatable bonds is 2. The molecule has 1 fully saturated rings. The molecular weight excluding hydrogens is 170 g/mol. The van der Waals surface area contributed by atoms with Gasteiger partial charge in [-0.3, -0.25) is 4.99 Å². The van der Waals surface area contributed by atoms with Crippen LogP contribution in [0.2, 0.25) is 0 Å². The summed E-state index contributed by atoms with van der Waals surface area (Å²) in [6.07, 6.45) is 1.31. The lowest BCUT2D eigenvalue weighted by Crippen LogP contribution is -1.80. The molecule has 0 saturated heterocycles. The summed E-state index contributed by atoms with van der Waals surface area (Å²) in [6.45, 7) is 9.86. The van der Waals surface area contributed by atoms with Crippen molar-refractivity contribution in [2.24, 2.45) is 10.9 Å². The predicted molar refractivity (Wildman–Crippen MR) is 63.5 cm³/mol. The van der Waals surface area contributed by atoms with E-state index in [4.69, 9.17) is 0 Å². The third kappa shape index (κ3) is 2.22. The van der Waals surface area contributed by atoms with Gasteiger partial charge in [0, 0.05) is 0 Å². The largest absolute Gasteiger partial charge is 0.264 e. The molecule has 0 N–H and O–H groups in total. The summed E-state index contributed by atoms with van der Waals surface area (Å²) in [5, 5.41) is 0. The molecule has 0 heterocycles. The van der Waals surface area contributed by atoms with Crippen molar-refractivity contribution in [1.29, 1.82) is 0 Å². The summed E-state index contributed by atoms with van der Waals surface area (Å²) >= 11 is 0. The van der Waals surface area contributed by atoms with Gasteiger partial charge in [-0.05, 0) is 36.6 Å². The summed E-state index contributed by atoms with van der Waals surface area (Å²) in [5.41, 5.74) is 2.44. The third-order valence-electron chi connectivity index (χ3n) is 2.62. The highest BCUT2D eigenvalue weighted by Gasteiger charge is 2.35. The fourth-order valence-electron chi connectivity index (χ4n) is 1.70. The van der Waals surface area contributed by atoms with Gasteiger partial charge in [-0.2, -0.15) is 0 Å². The van der Waals surface area contributed by atoms with E-state index in [0.717, 1.165) is 17.5 Å². The van der Waals surface area contributed by atoms with Crippen molar-refractivity contribution < 1.29 is 0 Å². The first-order valence-electron chi connectivity index (χ1n) is 5.38. The van der Waals surface area contributed by atoms with E-state index in [1.807, 2.05) is 26.0 Å². The number of aliphatic imine (C=N–C) groups is 1. The Morgan fingerprint density at radius 2 is 1.86 bits per heavy atom. The smallest absolute Gasteiger partial charge is 0.0657 e. The van der Waals surface area contributed by atoms with E-state index in [0.29, 0.717) is 0 Å². The zero-order valence-corrected chi connectivity index (χ0v) is 9.33. The number of hydrogen-bond donors (Lipinski definition) is 0. The van der Waals surface area contributed by atoms with Gasteiger partial charge in [-0.15, -0.1) is 0 Å². The third-order valence-corrected chi connectivity index (χ3v) is 2.62. The summed E-state index contributed by atoms with van der Waals surface area (Å²) in [5.74, 6) is 1.58. The number of hydrogen-bond acceptors (Lipinski definition) is 1. The second kappa shape index (κ2) is 4.94. The van der Waals surface area contributed by atoms with Gasteiger partial charge < -0.3 is 0 Å². The second-order valence-corrected chi connectivity index (χ2v) is 3.54. The zero-order valence-electron chi connectivity index (χ0n) is 9.33. The molecule has 1 aromatic carbocycles. The van der Waals surface area contributed by atoms with Crippen molar-refractivity contribution in [2.45, 2.75) is 33.1 Å². The van der Waals surface area contributed by atoms with Crippen molar-refractivity contribution in [2.75, 3.05) is 0 Å². The molecule has 0 spiro atoms. The molecule has 76 valence electrons. The highest BCUT2D eigenvalue weighted by atomic mass is 14.7. The van der Waals surface area contributed by atoms with Crippen LogP contribution in [-0.2, 0) is 0 Å². The number of para-hydroxylation sites is 1. The molecule has 0 aliphatic heterocycles. The lowest BCUT2D eigenvalue weighted by Gasteiger charge is -2.02. The second-order valence-electron chi connectivity index (χ2n) is 3.54. The highest BCUT2D eigenvalue weighted by Crippen LogP contribution is 2.49. The molecule has 2 atom stereocenters. The Balaban J connectivity index is 0.000000461. The van der Waals surface area contributed by atoms with Crippen LogP contribution in [0.4, 0.5) is 5.69 Å². The van der Waals surface area contributed by atoms with Crippen LogP contribution in [-0.4, -0.2) is 6.72 Å². The van der Waals surface area contributed by atoms with Crippen molar-refractivity contribution in [3.63, 3.8) is 0 Å². The molecule has 1 aliphatic rings. The normalized spacial score (nSPS) is 23.4. The maximum absolute atomic E-state index is 4.02. The quantitative estimate of drug-likeness (QED) is 0.619. The first-order chi connectivity index (χ1) is 6.83. The Bertz CT molecular complexity index is 304. The van der Waals surface area contributed by atoms with Gasteiger partial charge in [0.2, 0.25) is 0 Å². The van der Waals surface area contributed by atoms with Gasteiger partial charge in [0.05, 0.1) is 5.69 Å². The predicted octanol–water partition coefficient (Wildman–Crippen LogP) is 4.17. The SMILES string of the molecule is C=Nc1ccccc1C1CC1C.CC. The minimum absolute atomic E-state index is 0.742. The molecule has 2 rings (SSSR count). The molecular formula is C13H19N. The summed E-state index contributed by atoms with van der Waals surface area (Å²) < 4.78 is 0. The Labute approximate surface area is 86.9 Å². The van der Waals surface area contributed by atoms with E-state index in [1.54, 1.807) is 0 Å². The maximum atomic E-state index is 4.02. The van der Waals surface area contributed by atoms with Gasteiger partial charge in [-0.25, -0.2) is 0 Å². The molecule has 1 nitrogen and oxygen atoms in total. The topological polar surface area (TPSA) is 12.4 Å². The lowest BCUT2D eigenvalue weighted by atomic mass is 10.1. The van der Waals surface area contributed by atoms with Crippen molar-refractivity contribution in [1.82, 2.24) is 0 Å². The van der Waals surface area contributed by atoms with E-state index < -0.39 is 0 Å². The van der Waals surface area contributed by atoms with Crippen molar-refractivity contribution in [3.05, 3.63) is 29.8 Å². The zero-order chi connectivity index (χ0) is 10.6. The van der Waals surface area contributed by atoms with Gasteiger partial charge in [0.25, 0.3) is 0 Å². The molecule has 14 heavy (non-hydrogen) atoms. The van der Waals surface area contributed by atoms with E-state index in [-0.39, 0.29) is 0 Å². The molecule has 0 bridgehead atoms. The summed E-state index contributed by atoms with van der Waals surface area (Å²) in [7, 11) is 0. The van der Waals surface area contributed by atoms with Crippen LogP contribution in [0, 0.1) is 5.92 Å². The summed E-state index contributed by atoms with van der Waals surface area (Å²) in [6, 6.07) is 8.29. The number of nitrogens with zero attached hydrogens (tertiary/aromatic N) is 1. The Hall–Kier alpha value is -1.11.